The number of amides is 9. The van der Waals surface area contributed by atoms with Crippen LogP contribution in [0.2, 0.25) is 0 Å². The zero-order chi connectivity index (χ0) is 50.4. The summed E-state index contributed by atoms with van der Waals surface area (Å²) >= 11 is 0. The highest BCUT2D eigenvalue weighted by atomic mass is 33.1. The van der Waals surface area contributed by atoms with Gasteiger partial charge in [0.2, 0.25) is 53.2 Å². The first kappa shape index (κ1) is 58.3. The number of hydrogen-bond donors (Lipinski definition) is 14. The molecule has 2 rings (SSSR count). The molecule has 2 aliphatic heterocycles. The molecule has 25 nitrogen and oxygen atoms in total. The van der Waals surface area contributed by atoms with Gasteiger partial charge >= 0.3 is 5.97 Å². The van der Waals surface area contributed by atoms with E-state index >= 15 is 0 Å². The Labute approximate surface area is 397 Å². The fourth-order valence-corrected chi connectivity index (χ4v) is 9.38. The summed E-state index contributed by atoms with van der Waals surface area (Å²) in [6.07, 6.45) is -0.357. The highest BCUT2D eigenvalue weighted by Gasteiger charge is 2.41. The van der Waals surface area contributed by atoms with Gasteiger partial charge in [-0.3, -0.25) is 43.2 Å². The molecule has 18 N–H and O–H groups in total. The second-order valence-electron chi connectivity index (χ2n) is 16.8. The summed E-state index contributed by atoms with van der Waals surface area (Å²) in [4.78, 5) is 135. The Morgan fingerprint density at radius 2 is 1.19 bits per heavy atom. The van der Waals surface area contributed by atoms with Crippen molar-refractivity contribution in [2.24, 2.45) is 28.9 Å². The summed E-state index contributed by atoms with van der Waals surface area (Å²) in [5.41, 5.74) is 22.9. The number of aliphatic carboxylic acids is 1. The topological polar surface area (TPSA) is 423 Å². The molecule has 2 fully saturated rings. The standard InChI is InChI=1S/C40H70N12O13S2/c1-20(2)15-25-35(59)50-28(40(64)65)19-67-66-18-22(43)32(56)45-23(9-4-6-12-41)33(57)46-24(10-5-7-13-42)34(58)47-26(16-30(44)55)36(60)49-27(17-53)39(63)52-14-8-11-29(52)37(61)51-31(21(3)54)38(62)48-25/h20-29,31,53-54H,4-19,41-43H2,1-3H3,(H2,44,55)(H,45,56)(H,46,57)(H,47,58)(H,48,62)(H,49,60)(H,50,59)(H,51,61)(H,64,65)/t21-,22+,23+,24+,25+,26+,27+,28+,29+,31+/m1/s1. The first-order chi connectivity index (χ1) is 31.6. The van der Waals surface area contributed by atoms with Gasteiger partial charge in [-0.15, -0.1) is 0 Å². The number of nitrogens with zero attached hydrogens (tertiary/aromatic N) is 1. The van der Waals surface area contributed by atoms with Gasteiger partial charge in [-0.1, -0.05) is 35.4 Å². The molecule has 0 aromatic rings. The molecule has 67 heavy (non-hydrogen) atoms. The predicted molar refractivity (Wildman–Crippen MR) is 247 cm³/mol. The third kappa shape index (κ3) is 19.8. The number of aliphatic hydroxyl groups excluding tert-OH is 2. The van der Waals surface area contributed by atoms with Crippen LogP contribution < -0.4 is 60.2 Å². The number of hydrogen-bond acceptors (Lipinski definition) is 17. The van der Waals surface area contributed by atoms with Crippen molar-refractivity contribution in [3.63, 3.8) is 0 Å². The number of carboxylic acid groups (broad SMARTS) is 1. The van der Waals surface area contributed by atoms with E-state index in [1.165, 1.54) is 6.92 Å². The maximum Gasteiger partial charge on any atom is 0.327 e. The SMILES string of the molecule is CC(C)C[C@@H]1NC(=O)[C@H]([C@@H](C)O)NC(=O)[C@@H]2CCCN2C(=O)[C@H](CO)NC(=O)[C@H](CC(N)=O)NC(=O)[C@H](CCCCN)NC(=O)[C@H](CCCCN)NC(=O)[C@@H](N)CSSC[C@@H](C(=O)O)NC1=O. The molecule has 0 radical (unpaired) electrons. The van der Waals surface area contributed by atoms with Crippen molar-refractivity contribution in [1.29, 1.82) is 0 Å². The molecule has 27 heteroatoms. The van der Waals surface area contributed by atoms with E-state index in [1.807, 2.05) is 0 Å². The summed E-state index contributed by atoms with van der Waals surface area (Å²) in [7, 11) is 1.99. The van der Waals surface area contributed by atoms with Gasteiger partial charge < -0.3 is 80.4 Å². The van der Waals surface area contributed by atoms with Crippen molar-refractivity contribution in [3.05, 3.63) is 0 Å². The summed E-state index contributed by atoms with van der Waals surface area (Å²) < 4.78 is 0. The first-order valence-corrected chi connectivity index (χ1v) is 24.8. The molecule has 2 heterocycles. The second-order valence-corrected chi connectivity index (χ2v) is 19.4. The van der Waals surface area contributed by atoms with E-state index in [1.54, 1.807) is 13.8 Å². The van der Waals surface area contributed by atoms with Crippen molar-refractivity contribution in [3.8, 4) is 0 Å². The maximum absolute atomic E-state index is 13.9. The van der Waals surface area contributed by atoms with Crippen LogP contribution >= 0.6 is 21.6 Å². The predicted octanol–water partition coefficient (Wildman–Crippen LogP) is -5.27. The summed E-state index contributed by atoms with van der Waals surface area (Å²) in [5.74, 6) is -10.3. The summed E-state index contributed by atoms with van der Waals surface area (Å²) in [5, 5.41) is 48.1. The highest BCUT2D eigenvalue weighted by molar-refractivity contribution is 8.76. The molecule has 9 amide bonds. The smallest absolute Gasteiger partial charge is 0.327 e. The van der Waals surface area contributed by atoms with Gasteiger partial charge in [0.25, 0.3) is 0 Å². The number of carbonyl (C=O) groups is 10. The van der Waals surface area contributed by atoms with Crippen LogP contribution in [0.3, 0.4) is 0 Å². The normalized spacial score (nSPS) is 28.0. The molecule has 0 aromatic heterocycles. The minimum atomic E-state index is -1.74. The molecule has 380 valence electrons. The van der Waals surface area contributed by atoms with E-state index in [4.69, 9.17) is 22.9 Å². The van der Waals surface area contributed by atoms with E-state index in [0.29, 0.717) is 25.7 Å². The van der Waals surface area contributed by atoms with Gasteiger partial charge in [0.1, 0.15) is 48.3 Å². The molecule has 0 aromatic carbocycles. The van der Waals surface area contributed by atoms with E-state index in [9.17, 15) is 63.3 Å². The Balaban J connectivity index is 2.61. The third-order valence-corrected chi connectivity index (χ3v) is 13.2. The van der Waals surface area contributed by atoms with Crippen LogP contribution in [-0.4, -0.2) is 178 Å². The minimum absolute atomic E-state index is 0.0135. The van der Waals surface area contributed by atoms with E-state index in [-0.39, 0.29) is 69.2 Å². The van der Waals surface area contributed by atoms with Gasteiger partial charge in [-0.2, -0.15) is 0 Å². The molecule has 0 bridgehead atoms. The number of nitrogens with one attached hydrogen (secondary N) is 7. The van der Waals surface area contributed by atoms with Gasteiger partial charge in [-0.25, -0.2) is 4.79 Å². The van der Waals surface area contributed by atoms with Crippen LogP contribution in [0.4, 0.5) is 0 Å². The zero-order valence-corrected chi connectivity index (χ0v) is 39.8. The fourth-order valence-electron chi connectivity index (χ4n) is 7.10. The van der Waals surface area contributed by atoms with Crippen LogP contribution in [0, 0.1) is 5.92 Å². The number of rotatable bonds is 15. The Bertz CT molecular complexity index is 1730. The van der Waals surface area contributed by atoms with Gasteiger partial charge in [0.15, 0.2) is 0 Å². The maximum atomic E-state index is 13.9. The quantitative estimate of drug-likeness (QED) is 0.0538. The molecule has 0 saturated carbocycles. The van der Waals surface area contributed by atoms with Crippen LogP contribution in [0.5, 0.6) is 0 Å². The number of primary amides is 1. The number of unbranched alkanes of at least 4 members (excludes halogenated alkanes) is 2. The fraction of sp³-hybridized carbons (Fsp3) is 0.750. The number of carbonyl (C=O) groups excluding carboxylic acids is 9. The molecule has 10 atom stereocenters. The van der Waals surface area contributed by atoms with Crippen LogP contribution in [0.1, 0.15) is 85.0 Å². The number of fused-ring (bicyclic) bond motifs is 1. The zero-order valence-electron chi connectivity index (χ0n) is 38.2. The average molecular weight is 991 g/mol. The number of nitrogens with two attached hydrogens (primary N) is 4. The van der Waals surface area contributed by atoms with Crippen molar-refractivity contribution in [2.45, 2.75) is 145 Å². The summed E-state index contributed by atoms with van der Waals surface area (Å²) in [6, 6.07) is -13.1. The lowest BCUT2D eigenvalue weighted by Crippen LogP contribution is -2.62. The van der Waals surface area contributed by atoms with Crippen LogP contribution in [0.15, 0.2) is 0 Å². The molecular formula is C40H70N12O13S2. The Morgan fingerprint density at radius 1 is 0.687 bits per heavy atom. The third-order valence-electron chi connectivity index (χ3n) is 10.8. The molecule has 2 saturated heterocycles. The van der Waals surface area contributed by atoms with Crippen LogP contribution in [0.25, 0.3) is 0 Å². The Kier molecular flexibility index (Phi) is 26.0. The van der Waals surface area contributed by atoms with Gasteiger partial charge in [-0.05, 0) is 83.7 Å². The van der Waals surface area contributed by atoms with E-state index in [0.717, 1.165) is 26.5 Å². The molecule has 0 spiro atoms. The lowest BCUT2D eigenvalue weighted by molar-refractivity contribution is -0.144. The lowest BCUT2D eigenvalue weighted by Gasteiger charge is -2.31. The molecular weight excluding hydrogens is 921 g/mol. The Morgan fingerprint density at radius 3 is 1.72 bits per heavy atom. The first-order valence-electron chi connectivity index (χ1n) is 22.3. The number of carboxylic acids is 1. The Hall–Kier alpha value is -4.80. The number of aliphatic hydroxyl groups is 2. The van der Waals surface area contributed by atoms with Crippen LogP contribution in [-0.2, 0) is 47.9 Å². The molecule has 0 aliphatic carbocycles. The largest absolute Gasteiger partial charge is 0.480 e. The van der Waals surface area contributed by atoms with Crippen molar-refractivity contribution >= 4 is 80.7 Å². The van der Waals surface area contributed by atoms with Gasteiger partial charge in [0, 0.05) is 18.1 Å². The molecule has 2 aliphatic rings. The van der Waals surface area contributed by atoms with Gasteiger partial charge in [0.05, 0.1) is 25.2 Å². The van der Waals surface area contributed by atoms with E-state index in [2.05, 4.69) is 37.2 Å². The van der Waals surface area contributed by atoms with Crippen molar-refractivity contribution in [2.75, 3.05) is 37.7 Å². The molecule has 0 unspecified atom stereocenters. The van der Waals surface area contributed by atoms with E-state index < -0.39 is 133 Å². The second kappa shape index (κ2) is 29.8. The van der Waals surface area contributed by atoms with Crippen molar-refractivity contribution in [1.82, 2.24) is 42.1 Å². The average Bonchev–Trinajstić information content (AvgIpc) is 3.76. The summed E-state index contributed by atoms with van der Waals surface area (Å²) in [6.45, 7) is 4.14. The van der Waals surface area contributed by atoms with Crippen molar-refractivity contribution < 1.29 is 63.3 Å². The monoisotopic (exact) mass is 990 g/mol. The minimum Gasteiger partial charge on any atom is -0.480 e. The highest BCUT2D eigenvalue weighted by Crippen LogP contribution is 2.23. The lowest BCUT2D eigenvalue weighted by atomic mass is 10.0.